The van der Waals surface area contributed by atoms with Gasteiger partial charge in [-0.15, -0.1) is 0 Å². The second-order valence-corrected chi connectivity index (χ2v) is 6.52. The number of methoxy groups -OCH3 is 1. The number of nitrogens with zero attached hydrogens (tertiary/aromatic N) is 1. The van der Waals surface area contributed by atoms with Crippen molar-refractivity contribution in [2.24, 2.45) is 5.73 Å². The molecule has 4 heteroatoms. The predicted octanol–water partition coefficient (Wildman–Crippen LogP) is 1.82. The van der Waals surface area contributed by atoms with E-state index in [1.807, 2.05) is 6.07 Å². The van der Waals surface area contributed by atoms with Crippen molar-refractivity contribution in [1.29, 1.82) is 0 Å². The monoisotopic (exact) mass is 286 g/mol. The van der Waals surface area contributed by atoms with Gasteiger partial charge in [0.05, 0.1) is 12.5 Å². The number of hydrogen-bond donors (Lipinski definition) is 1. The highest BCUT2D eigenvalue weighted by molar-refractivity contribution is 5.61. The van der Waals surface area contributed by atoms with Crippen LogP contribution in [0.4, 0.5) is 0 Å². The highest BCUT2D eigenvalue weighted by Gasteiger charge is 2.52. The molecule has 112 valence electrons. The Kier molecular flexibility index (Phi) is 2.81. The molecule has 2 N–H and O–H groups in total. The van der Waals surface area contributed by atoms with E-state index in [0.29, 0.717) is 0 Å². The zero-order valence-corrected chi connectivity index (χ0v) is 12.6. The topological polar surface area (TPSA) is 47.7 Å². The lowest BCUT2D eigenvalue weighted by Crippen LogP contribution is -2.44. The third-order valence-corrected chi connectivity index (χ3v) is 5.20. The van der Waals surface area contributed by atoms with Crippen molar-refractivity contribution >= 4 is 0 Å². The van der Waals surface area contributed by atoms with Crippen LogP contribution >= 0.6 is 0 Å². The Balaban J connectivity index is 1.95. The van der Waals surface area contributed by atoms with Crippen molar-refractivity contribution in [3.63, 3.8) is 0 Å². The molecule has 3 atom stereocenters. The second kappa shape index (κ2) is 4.49. The van der Waals surface area contributed by atoms with Crippen molar-refractivity contribution in [2.75, 3.05) is 20.7 Å². The van der Waals surface area contributed by atoms with Crippen LogP contribution in [-0.4, -0.2) is 37.7 Å². The summed E-state index contributed by atoms with van der Waals surface area (Å²) in [6.45, 7) is 2.03. The molecule has 0 radical (unpaired) electrons. The first kappa shape index (κ1) is 13.2. The summed E-state index contributed by atoms with van der Waals surface area (Å²) >= 11 is 0. The molecule has 2 heterocycles. The molecule has 21 heavy (non-hydrogen) atoms. The summed E-state index contributed by atoms with van der Waals surface area (Å²) in [5.41, 5.74) is 8.78. The van der Waals surface area contributed by atoms with Crippen LogP contribution in [0.3, 0.4) is 0 Å². The third kappa shape index (κ3) is 1.75. The van der Waals surface area contributed by atoms with Gasteiger partial charge in [0.1, 0.15) is 6.10 Å². The van der Waals surface area contributed by atoms with Gasteiger partial charge >= 0.3 is 0 Å². The Hall–Kier alpha value is -1.52. The summed E-state index contributed by atoms with van der Waals surface area (Å²) < 4.78 is 11.9. The fourth-order valence-corrected chi connectivity index (χ4v) is 4.12. The number of rotatable bonds is 1. The molecule has 1 unspecified atom stereocenters. The van der Waals surface area contributed by atoms with Gasteiger partial charge in [-0.3, -0.25) is 0 Å². The van der Waals surface area contributed by atoms with Crippen molar-refractivity contribution in [1.82, 2.24) is 4.90 Å². The molecule has 4 rings (SSSR count). The Bertz CT molecular complexity index is 613. The summed E-state index contributed by atoms with van der Waals surface area (Å²) in [7, 11) is 3.89. The number of hydrogen-bond acceptors (Lipinski definition) is 4. The van der Waals surface area contributed by atoms with Crippen LogP contribution in [-0.2, 0) is 12.0 Å². The maximum Gasteiger partial charge on any atom is 0.166 e. The molecule has 1 aromatic rings. The summed E-state index contributed by atoms with van der Waals surface area (Å²) in [6, 6.07) is 4.31. The van der Waals surface area contributed by atoms with Gasteiger partial charge < -0.3 is 20.1 Å². The van der Waals surface area contributed by atoms with Gasteiger partial charge in [0.15, 0.2) is 11.5 Å². The lowest BCUT2D eigenvalue weighted by molar-refractivity contribution is 0.134. The van der Waals surface area contributed by atoms with Crippen molar-refractivity contribution in [3.8, 4) is 11.5 Å². The largest absolute Gasteiger partial charge is 0.493 e. The third-order valence-electron chi connectivity index (χ3n) is 5.20. The lowest BCUT2D eigenvalue weighted by Gasteiger charge is -2.36. The number of benzene rings is 1. The van der Waals surface area contributed by atoms with Crippen molar-refractivity contribution < 1.29 is 9.47 Å². The maximum absolute atomic E-state index is 6.33. The summed E-state index contributed by atoms with van der Waals surface area (Å²) in [4.78, 5) is 2.38. The van der Waals surface area contributed by atoms with E-state index in [4.69, 9.17) is 15.2 Å². The smallest absolute Gasteiger partial charge is 0.166 e. The van der Waals surface area contributed by atoms with Crippen LogP contribution in [0, 0.1) is 0 Å². The molecular formula is C17H22N2O2. The van der Waals surface area contributed by atoms with E-state index in [1.165, 1.54) is 11.1 Å². The van der Waals surface area contributed by atoms with Crippen LogP contribution < -0.4 is 15.2 Å². The first-order valence-corrected chi connectivity index (χ1v) is 7.64. The summed E-state index contributed by atoms with van der Waals surface area (Å²) in [6.07, 6.45) is 6.54. The van der Waals surface area contributed by atoms with Crippen LogP contribution in [0.2, 0.25) is 0 Å². The van der Waals surface area contributed by atoms with Gasteiger partial charge in [-0.05, 0) is 31.6 Å². The van der Waals surface area contributed by atoms with Gasteiger partial charge in [-0.25, -0.2) is 0 Å². The van der Waals surface area contributed by atoms with E-state index >= 15 is 0 Å². The molecule has 0 amide bonds. The first-order chi connectivity index (χ1) is 10.1. The predicted molar refractivity (Wildman–Crippen MR) is 81.8 cm³/mol. The molecule has 0 aromatic heterocycles. The molecule has 0 fully saturated rings. The summed E-state index contributed by atoms with van der Waals surface area (Å²) in [5, 5.41) is 0. The average molecular weight is 286 g/mol. The molecule has 2 aliphatic heterocycles. The minimum absolute atomic E-state index is 0.0279. The van der Waals surface area contributed by atoms with Gasteiger partial charge in [-0.2, -0.15) is 0 Å². The van der Waals surface area contributed by atoms with Crippen LogP contribution in [0.15, 0.2) is 24.3 Å². The number of ether oxygens (including phenoxy) is 2. The zero-order chi connectivity index (χ0) is 14.6. The fraction of sp³-hybridized carbons (Fsp3) is 0.529. The van der Waals surface area contributed by atoms with Gasteiger partial charge in [0.2, 0.25) is 0 Å². The second-order valence-electron chi connectivity index (χ2n) is 6.52. The Morgan fingerprint density at radius 3 is 3.10 bits per heavy atom. The SMILES string of the molecule is COc1ccc2c3c1O[C@H]1C[C@@H](N)C=CC31CCN(C)C2. The van der Waals surface area contributed by atoms with Crippen molar-refractivity contribution in [2.45, 2.75) is 36.9 Å². The minimum Gasteiger partial charge on any atom is -0.493 e. The fourth-order valence-electron chi connectivity index (χ4n) is 4.12. The Morgan fingerprint density at radius 1 is 1.43 bits per heavy atom. The van der Waals surface area contributed by atoms with Gasteiger partial charge in [0.25, 0.3) is 0 Å². The molecule has 0 saturated carbocycles. The zero-order valence-electron chi connectivity index (χ0n) is 12.6. The molecule has 0 saturated heterocycles. The Labute approximate surface area is 125 Å². The van der Waals surface area contributed by atoms with Gasteiger partial charge in [0, 0.05) is 24.6 Å². The van der Waals surface area contributed by atoms with Crippen LogP contribution in [0.25, 0.3) is 0 Å². The average Bonchev–Trinajstić information content (AvgIpc) is 2.72. The molecule has 4 nitrogen and oxygen atoms in total. The molecule has 1 aromatic carbocycles. The lowest BCUT2D eigenvalue weighted by atomic mass is 9.69. The molecule has 3 aliphatic rings. The standard InChI is InChI=1S/C17H22N2O2/c1-19-8-7-17-6-5-12(18)9-14(17)21-16-13(20-2)4-3-11(10-19)15(16)17/h3-6,12,14H,7-10,18H2,1-2H3/t12-,14-,17?/m0/s1. The van der Waals surface area contributed by atoms with Gasteiger partial charge in [-0.1, -0.05) is 18.2 Å². The quantitative estimate of drug-likeness (QED) is 0.800. The number of nitrogens with two attached hydrogens (primary N) is 1. The summed E-state index contributed by atoms with van der Waals surface area (Å²) in [5.74, 6) is 1.78. The van der Waals surface area contributed by atoms with Crippen LogP contribution in [0.5, 0.6) is 11.5 Å². The highest BCUT2D eigenvalue weighted by atomic mass is 16.5. The van der Waals surface area contributed by atoms with Crippen molar-refractivity contribution in [3.05, 3.63) is 35.4 Å². The Morgan fingerprint density at radius 2 is 2.29 bits per heavy atom. The normalized spacial score (nSPS) is 33.9. The molecule has 1 spiro atoms. The van der Waals surface area contributed by atoms with E-state index in [-0.39, 0.29) is 17.6 Å². The van der Waals surface area contributed by atoms with E-state index in [0.717, 1.165) is 37.4 Å². The highest BCUT2D eigenvalue weighted by Crippen LogP contribution is 2.55. The van der Waals surface area contributed by atoms with E-state index < -0.39 is 0 Å². The van der Waals surface area contributed by atoms with E-state index in [2.05, 4.69) is 30.2 Å². The van der Waals surface area contributed by atoms with Crippen LogP contribution in [0.1, 0.15) is 24.0 Å². The molecular weight excluding hydrogens is 264 g/mol. The van der Waals surface area contributed by atoms with E-state index in [1.54, 1.807) is 7.11 Å². The maximum atomic E-state index is 6.33. The minimum atomic E-state index is -0.0279. The first-order valence-electron chi connectivity index (χ1n) is 7.64. The molecule has 1 aliphatic carbocycles. The molecule has 0 bridgehead atoms. The van der Waals surface area contributed by atoms with E-state index in [9.17, 15) is 0 Å².